The Morgan fingerprint density at radius 3 is 1.68 bits per heavy atom. The molecule has 0 amide bonds. The fourth-order valence-electron chi connectivity index (χ4n) is 4.46. The van der Waals surface area contributed by atoms with Gasteiger partial charge in [-0.3, -0.25) is 9.80 Å². The smallest absolute Gasteiger partial charge is 0.146 e. The van der Waals surface area contributed by atoms with E-state index in [-0.39, 0.29) is 11.8 Å². The highest BCUT2D eigenvalue weighted by Gasteiger charge is 2.40. The summed E-state index contributed by atoms with van der Waals surface area (Å²) in [7, 11) is 0. The number of aliphatic hydroxyl groups excluding tert-OH is 1. The van der Waals surface area contributed by atoms with Crippen molar-refractivity contribution in [3.63, 3.8) is 0 Å². The van der Waals surface area contributed by atoms with Crippen molar-refractivity contribution in [3.8, 4) is 5.75 Å². The Labute approximate surface area is 183 Å². The molecule has 1 fully saturated rings. The molecule has 3 N–H and O–H groups in total. The number of hydrogen-bond acceptors (Lipinski definition) is 5. The van der Waals surface area contributed by atoms with Crippen molar-refractivity contribution >= 4 is 0 Å². The normalized spacial score (nSPS) is 18.6. The largest absolute Gasteiger partial charge is 0.508 e. The lowest BCUT2D eigenvalue weighted by molar-refractivity contribution is -0.180. The topological polar surface area (TPSA) is 67.2 Å². The predicted molar refractivity (Wildman–Crippen MR) is 122 cm³/mol. The second-order valence-corrected chi connectivity index (χ2v) is 8.34. The first-order valence-electron chi connectivity index (χ1n) is 10.7. The Morgan fingerprint density at radius 2 is 1.19 bits per heavy atom. The summed E-state index contributed by atoms with van der Waals surface area (Å²) < 4.78 is 0. The summed E-state index contributed by atoms with van der Waals surface area (Å²) in [6.07, 6.45) is -1.07. The molecule has 5 heteroatoms. The van der Waals surface area contributed by atoms with Gasteiger partial charge in [0.1, 0.15) is 17.6 Å². The van der Waals surface area contributed by atoms with E-state index in [9.17, 15) is 15.3 Å². The lowest BCUT2D eigenvalue weighted by Crippen LogP contribution is -2.58. The summed E-state index contributed by atoms with van der Waals surface area (Å²) in [5.41, 5.74) is 1.67. The Kier molecular flexibility index (Phi) is 6.39. The van der Waals surface area contributed by atoms with Crippen molar-refractivity contribution in [1.29, 1.82) is 0 Å². The number of nitrogens with zero attached hydrogens (tertiary/aromatic N) is 2. The predicted octanol–water partition coefficient (Wildman–Crippen LogP) is 3.54. The number of aliphatic hydroxyl groups is 2. The molecule has 1 saturated heterocycles. The summed E-state index contributed by atoms with van der Waals surface area (Å²) >= 11 is 0. The van der Waals surface area contributed by atoms with Gasteiger partial charge in [-0.2, -0.15) is 0 Å². The standard InChI is InChI=1S/C26H30N2O3/c1-26(31,25(30)22-12-14-23(29)15-13-22)28-18-16-27(17-19-28)24(20-8-4-2-5-9-20)21-10-6-3-7-11-21/h2-15,24-25,29-31H,16-19H2,1H3/t25-,26+/m1/s1. The molecular weight excluding hydrogens is 388 g/mol. The maximum absolute atomic E-state index is 11.2. The van der Waals surface area contributed by atoms with Crippen LogP contribution in [-0.2, 0) is 0 Å². The fraction of sp³-hybridized carbons (Fsp3) is 0.308. The molecule has 5 nitrogen and oxygen atoms in total. The second-order valence-electron chi connectivity index (χ2n) is 8.34. The first-order chi connectivity index (χ1) is 15.0. The molecule has 0 spiro atoms. The molecule has 0 saturated carbocycles. The van der Waals surface area contributed by atoms with Crippen LogP contribution in [0.4, 0.5) is 0 Å². The molecule has 0 unspecified atom stereocenters. The highest BCUT2D eigenvalue weighted by atomic mass is 16.4. The summed E-state index contributed by atoms with van der Waals surface area (Å²) in [5, 5.41) is 31.5. The van der Waals surface area contributed by atoms with Crippen molar-refractivity contribution in [1.82, 2.24) is 9.80 Å². The van der Waals surface area contributed by atoms with Gasteiger partial charge in [-0.25, -0.2) is 0 Å². The Morgan fingerprint density at radius 1 is 0.710 bits per heavy atom. The van der Waals surface area contributed by atoms with Gasteiger partial charge in [-0.1, -0.05) is 72.8 Å². The van der Waals surface area contributed by atoms with Crippen LogP contribution in [0.1, 0.15) is 35.8 Å². The maximum Gasteiger partial charge on any atom is 0.146 e. The van der Waals surface area contributed by atoms with Gasteiger partial charge in [0, 0.05) is 26.2 Å². The third-order valence-corrected chi connectivity index (χ3v) is 6.28. The zero-order chi connectivity index (χ0) is 21.8. The van der Waals surface area contributed by atoms with E-state index < -0.39 is 11.8 Å². The van der Waals surface area contributed by atoms with E-state index in [1.165, 1.54) is 23.3 Å². The van der Waals surface area contributed by atoms with E-state index in [0.717, 1.165) is 13.1 Å². The minimum atomic E-state index is -1.40. The minimum Gasteiger partial charge on any atom is -0.508 e. The van der Waals surface area contributed by atoms with Gasteiger partial charge in [0.05, 0.1) is 6.04 Å². The molecule has 1 aliphatic heterocycles. The van der Waals surface area contributed by atoms with Crippen LogP contribution in [0.3, 0.4) is 0 Å². The van der Waals surface area contributed by atoms with E-state index in [1.807, 2.05) is 17.0 Å². The monoisotopic (exact) mass is 418 g/mol. The molecule has 0 aromatic heterocycles. The third-order valence-electron chi connectivity index (χ3n) is 6.28. The quantitative estimate of drug-likeness (QED) is 0.571. The Balaban J connectivity index is 1.50. The van der Waals surface area contributed by atoms with E-state index in [2.05, 4.69) is 53.4 Å². The molecule has 3 aromatic carbocycles. The molecule has 162 valence electrons. The van der Waals surface area contributed by atoms with Gasteiger partial charge in [0.2, 0.25) is 0 Å². The molecule has 4 rings (SSSR count). The van der Waals surface area contributed by atoms with E-state index in [1.54, 1.807) is 19.1 Å². The van der Waals surface area contributed by atoms with E-state index >= 15 is 0 Å². The number of hydrogen-bond donors (Lipinski definition) is 3. The summed E-state index contributed by atoms with van der Waals surface area (Å²) in [4.78, 5) is 4.37. The molecule has 1 heterocycles. The van der Waals surface area contributed by atoms with Crippen molar-refractivity contribution in [2.24, 2.45) is 0 Å². The number of phenolic OH excluding ortho intramolecular Hbond substituents is 1. The molecule has 2 atom stereocenters. The average molecular weight is 419 g/mol. The molecule has 31 heavy (non-hydrogen) atoms. The second kappa shape index (κ2) is 9.20. The summed E-state index contributed by atoms with van der Waals surface area (Å²) in [5.74, 6) is 0.136. The Hall–Kier alpha value is -2.70. The maximum atomic E-state index is 11.2. The molecule has 3 aromatic rings. The first kappa shape index (κ1) is 21.5. The highest BCUT2D eigenvalue weighted by Crippen LogP contribution is 2.34. The van der Waals surface area contributed by atoms with Crippen LogP contribution in [-0.4, -0.2) is 57.0 Å². The minimum absolute atomic E-state index is 0.136. The van der Waals surface area contributed by atoms with Gasteiger partial charge < -0.3 is 15.3 Å². The summed E-state index contributed by atoms with van der Waals surface area (Å²) in [6.45, 7) is 4.47. The van der Waals surface area contributed by atoms with Crippen LogP contribution in [0.2, 0.25) is 0 Å². The first-order valence-corrected chi connectivity index (χ1v) is 10.7. The zero-order valence-electron chi connectivity index (χ0n) is 17.8. The van der Waals surface area contributed by atoms with Gasteiger partial charge in [0.25, 0.3) is 0 Å². The summed E-state index contributed by atoms with van der Waals surface area (Å²) in [6, 6.07) is 27.5. The van der Waals surface area contributed by atoms with Gasteiger partial charge in [-0.15, -0.1) is 0 Å². The molecule has 0 aliphatic carbocycles. The SMILES string of the molecule is C[C@](O)([C@H](O)c1ccc(O)cc1)N1CCN(C(c2ccccc2)c2ccccc2)CC1. The zero-order valence-corrected chi connectivity index (χ0v) is 17.8. The Bertz CT molecular complexity index is 913. The highest BCUT2D eigenvalue weighted by molar-refractivity contribution is 5.32. The van der Waals surface area contributed by atoms with Crippen molar-refractivity contribution in [3.05, 3.63) is 102 Å². The van der Waals surface area contributed by atoms with Gasteiger partial charge in [0.15, 0.2) is 0 Å². The lowest BCUT2D eigenvalue weighted by atomic mass is 9.95. The number of phenols is 1. The van der Waals surface area contributed by atoms with Crippen molar-refractivity contribution in [2.45, 2.75) is 24.8 Å². The van der Waals surface area contributed by atoms with E-state index in [0.29, 0.717) is 18.7 Å². The van der Waals surface area contributed by atoms with Crippen molar-refractivity contribution < 1.29 is 15.3 Å². The number of aromatic hydroxyl groups is 1. The van der Waals surface area contributed by atoms with Crippen LogP contribution in [0.25, 0.3) is 0 Å². The van der Waals surface area contributed by atoms with Crippen LogP contribution in [0.15, 0.2) is 84.9 Å². The average Bonchev–Trinajstić information content (AvgIpc) is 2.81. The number of piperazine rings is 1. The molecule has 0 radical (unpaired) electrons. The lowest BCUT2D eigenvalue weighted by Gasteiger charge is -2.46. The van der Waals surface area contributed by atoms with Crippen LogP contribution < -0.4 is 0 Å². The number of benzene rings is 3. The van der Waals surface area contributed by atoms with Crippen LogP contribution in [0.5, 0.6) is 5.75 Å². The molecular formula is C26H30N2O3. The van der Waals surface area contributed by atoms with Gasteiger partial charge >= 0.3 is 0 Å². The fourth-order valence-corrected chi connectivity index (χ4v) is 4.46. The number of rotatable bonds is 6. The third kappa shape index (κ3) is 4.65. The van der Waals surface area contributed by atoms with E-state index in [4.69, 9.17) is 0 Å². The molecule has 1 aliphatic rings. The van der Waals surface area contributed by atoms with Crippen molar-refractivity contribution in [2.75, 3.05) is 26.2 Å². The van der Waals surface area contributed by atoms with Gasteiger partial charge in [-0.05, 0) is 35.7 Å². The molecule has 0 bridgehead atoms. The van der Waals surface area contributed by atoms with Crippen LogP contribution >= 0.6 is 0 Å². The van der Waals surface area contributed by atoms with Crippen LogP contribution in [0, 0.1) is 0 Å².